The van der Waals surface area contributed by atoms with Gasteiger partial charge in [-0.3, -0.25) is 4.68 Å². The second kappa shape index (κ2) is 6.71. The van der Waals surface area contributed by atoms with Crippen LogP contribution in [0.5, 0.6) is 0 Å². The Bertz CT molecular complexity index is 493. The van der Waals surface area contributed by atoms with Crippen LogP contribution in [0.15, 0.2) is 41.1 Å². The van der Waals surface area contributed by atoms with E-state index in [-0.39, 0.29) is 0 Å². The second-order valence-electron chi connectivity index (χ2n) is 4.31. The Labute approximate surface area is 116 Å². The summed E-state index contributed by atoms with van der Waals surface area (Å²) in [7, 11) is 0. The Balaban J connectivity index is 1.96. The molecule has 2 rings (SSSR count). The van der Waals surface area contributed by atoms with Crippen molar-refractivity contribution < 1.29 is 0 Å². The van der Waals surface area contributed by atoms with Crippen LogP contribution in [-0.2, 0) is 13.1 Å². The van der Waals surface area contributed by atoms with E-state index in [0.29, 0.717) is 0 Å². The van der Waals surface area contributed by atoms with Gasteiger partial charge in [0.1, 0.15) is 0 Å². The molecule has 18 heavy (non-hydrogen) atoms. The number of aromatic nitrogens is 2. The van der Waals surface area contributed by atoms with Crippen molar-refractivity contribution in [2.75, 3.05) is 6.54 Å². The number of hydrogen-bond acceptors (Lipinski definition) is 2. The lowest BCUT2D eigenvalue weighted by Gasteiger charge is -2.04. The highest BCUT2D eigenvalue weighted by Gasteiger charge is 2.02. The minimum Gasteiger partial charge on any atom is -0.313 e. The average molecular weight is 308 g/mol. The lowest BCUT2D eigenvalue weighted by Crippen LogP contribution is -2.13. The standard InChI is InChI=1S/C14H18BrN3/c1-2-7-16-8-12-9-17-18(10-12)11-13-5-3-4-6-14(13)15/h3-6,9-10,16H,2,7-8,11H2,1H3. The van der Waals surface area contributed by atoms with E-state index < -0.39 is 0 Å². The molecule has 0 aliphatic rings. The van der Waals surface area contributed by atoms with Gasteiger partial charge in [0.15, 0.2) is 0 Å². The van der Waals surface area contributed by atoms with E-state index in [9.17, 15) is 0 Å². The molecule has 0 saturated carbocycles. The van der Waals surface area contributed by atoms with Crippen LogP contribution in [0.2, 0.25) is 0 Å². The van der Waals surface area contributed by atoms with E-state index in [1.807, 2.05) is 23.0 Å². The first kappa shape index (κ1) is 13.3. The largest absolute Gasteiger partial charge is 0.313 e. The summed E-state index contributed by atoms with van der Waals surface area (Å²) < 4.78 is 3.11. The van der Waals surface area contributed by atoms with E-state index >= 15 is 0 Å². The fourth-order valence-corrected chi connectivity index (χ4v) is 2.20. The topological polar surface area (TPSA) is 29.9 Å². The van der Waals surface area contributed by atoms with Gasteiger partial charge in [-0.2, -0.15) is 5.10 Å². The van der Waals surface area contributed by atoms with Gasteiger partial charge in [-0.1, -0.05) is 41.1 Å². The Hall–Kier alpha value is -1.13. The second-order valence-corrected chi connectivity index (χ2v) is 5.17. The molecule has 0 aliphatic heterocycles. The van der Waals surface area contributed by atoms with Crippen molar-refractivity contribution in [3.63, 3.8) is 0 Å². The lowest BCUT2D eigenvalue weighted by molar-refractivity contribution is 0.668. The highest BCUT2D eigenvalue weighted by atomic mass is 79.9. The predicted molar refractivity (Wildman–Crippen MR) is 77.5 cm³/mol. The van der Waals surface area contributed by atoms with Gasteiger partial charge in [-0.15, -0.1) is 0 Å². The minimum atomic E-state index is 0.801. The van der Waals surface area contributed by atoms with Crippen LogP contribution in [0.4, 0.5) is 0 Å². The third-order valence-electron chi connectivity index (χ3n) is 2.73. The van der Waals surface area contributed by atoms with Crippen molar-refractivity contribution in [3.05, 3.63) is 52.3 Å². The SMILES string of the molecule is CCCNCc1cnn(Cc2ccccc2Br)c1. The Morgan fingerprint density at radius 2 is 2.17 bits per heavy atom. The Morgan fingerprint density at radius 1 is 1.33 bits per heavy atom. The van der Waals surface area contributed by atoms with E-state index in [1.165, 1.54) is 11.1 Å². The van der Waals surface area contributed by atoms with E-state index in [4.69, 9.17) is 0 Å². The van der Waals surface area contributed by atoms with Gasteiger partial charge in [0.2, 0.25) is 0 Å². The molecule has 0 spiro atoms. The summed E-state index contributed by atoms with van der Waals surface area (Å²) in [5, 5.41) is 7.76. The maximum atomic E-state index is 4.39. The number of rotatable bonds is 6. The molecule has 0 saturated heterocycles. The Morgan fingerprint density at radius 3 is 2.94 bits per heavy atom. The molecular weight excluding hydrogens is 290 g/mol. The zero-order valence-corrected chi connectivity index (χ0v) is 12.2. The minimum absolute atomic E-state index is 0.801. The van der Waals surface area contributed by atoms with E-state index in [0.717, 1.165) is 30.5 Å². The van der Waals surface area contributed by atoms with Crippen LogP contribution < -0.4 is 5.32 Å². The van der Waals surface area contributed by atoms with Crippen molar-refractivity contribution in [2.24, 2.45) is 0 Å². The molecule has 3 nitrogen and oxygen atoms in total. The van der Waals surface area contributed by atoms with Gasteiger partial charge >= 0.3 is 0 Å². The maximum Gasteiger partial charge on any atom is 0.0670 e. The van der Waals surface area contributed by atoms with Gasteiger partial charge < -0.3 is 5.32 Å². The van der Waals surface area contributed by atoms with Crippen LogP contribution in [0.25, 0.3) is 0 Å². The summed E-state index contributed by atoms with van der Waals surface area (Å²) in [4.78, 5) is 0. The first-order valence-electron chi connectivity index (χ1n) is 6.25. The molecule has 0 aliphatic carbocycles. The van der Waals surface area contributed by atoms with Gasteiger partial charge in [0.25, 0.3) is 0 Å². The zero-order valence-electron chi connectivity index (χ0n) is 10.6. The molecule has 96 valence electrons. The molecule has 0 unspecified atom stereocenters. The molecule has 1 aromatic heterocycles. The number of nitrogens with zero attached hydrogens (tertiary/aromatic N) is 2. The van der Waals surface area contributed by atoms with E-state index in [1.54, 1.807) is 0 Å². The highest BCUT2D eigenvalue weighted by molar-refractivity contribution is 9.10. The van der Waals surface area contributed by atoms with Crippen LogP contribution in [0.1, 0.15) is 24.5 Å². The van der Waals surface area contributed by atoms with Gasteiger partial charge in [0.05, 0.1) is 12.7 Å². The zero-order chi connectivity index (χ0) is 12.8. The molecule has 1 aromatic carbocycles. The summed E-state index contributed by atoms with van der Waals surface area (Å²) in [6.45, 7) is 4.91. The molecule has 0 bridgehead atoms. The van der Waals surface area contributed by atoms with Crippen molar-refractivity contribution in [3.8, 4) is 0 Å². The lowest BCUT2D eigenvalue weighted by atomic mass is 10.2. The third-order valence-corrected chi connectivity index (χ3v) is 3.51. The van der Waals surface area contributed by atoms with Crippen LogP contribution in [0.3, 0.4) is 0 Å². The molecule has 4 heteroatoms. The molecular formula is C14H18BrN3. The smallest absolute Gasteiger partial charge is 0.0670 e. The monoisotopic (exact) mass is 307 g/mol. The normalized spacial score (nSPS) is 10.8. The van der Waals surface area contributed by atoms with Gasteiger partial charge in [-0.25, -0.2) is 0 Å². The third kappa shape index (κ3) is 3.68. The summed E-state index contributed by atoms with van der Waals surface area (Å²) in [5.41, 5.74) is 2.48. The number of halogens is 1. The number of nitrogens with one attached hydrogen (secondary N) is 1. The molecule has 2 aromatic rings. The fourth-order valence-electron chi connectivity index (χ4n) is 1.79. The van der Waals surface area contributed by atoms with E-state index in [2.05, 4.69) is 51.6 Å². The molecule has 0 radical (unpaired) electrons. The molecule has 1 N–H and O–H groups in total. The molecule has 0 fully saturated rings. The van der Waals surface area contributed by atoms with Gasteiger partial charge in [-0.05, 0) is 24.6 Å². The average Bonchev–Trinajstić information content (AvgIpc) is 2.80. The number of hydrogen-bond donors (Lipinski definition) is 1. The summed E-state index contributed by atoms with van der Waals surface area (Å²) in [6.07, 6.45) is 5.19. The van der Waals surface area contributed by atoms with Gasteiger partial charge in [0, 0.05) is 22.8 Å². The first-order chi connectivity index (χ1) is 8.79. The maximum absolute atomic E-state index is 4.39. The fraction of sp³-hybridized carbons (Fsp3) is 0.357. The van der Waals surface area contributed by atoms with Crippen LogP contribution in [0, 0.1) is 0 Å². The molecule has 1 heterocycles. The van der Waals surface area contributed by atoms with Crippen molar-refractivity contribution in [1.82, 2.24) is 15.1 Å². The highest BCUT2D eigenvalue weighted by Crippen LogP contribution is 2.16. The van der Waals surface area contributed by atoms with Crippen molar-refractivity contribution in [1.29, 1.82) is 0 Å². The van der Waals surface area contributed by atoms with Crippen LogP contribution >= 0.6 is 15.9 Å². The summed E-state index contributed by atoms with van der Waals surface area (Å²) in [6, 6.07) is 8.24. The molecule has 0 atom stereocenters. The summed E-state index contributed by atoms with van der Waals surface area (Å²) in [5.74, 6) is 0. The molecule has 0 amide bonds. The predicted octanol–water partition coefficient (Wildman–Crippen LogP) is 3.19. The quantitative estimate of drug-likeness (QED) is 0.831. The van der Waals surface area contributed by atoms with Crippen molar-refractivity contribution >= 4 is 15.9 Å². The van der Waals surface area contributed by atoms with Crippen molar-refractivity contribution in [2.45, 2.75) is 26.4 Å². The number of benzene rings is 1. The summed E-state index contributed by atoms with van der Waals surface area (Å²) >= 11 is 3.56. The Kier molecular flexibility index (Phi) is 4.96. The first-order valence-corrected chi connectivity index (χ1v) is 7.04. The van der Waals surface area contributed by atoms with Crippen LogP contribution in [-0.4, -0.2) is 16.3 Å².